The van der Waals surface area contributed by atoms with Crippen LogP contribution < -0.4 is 4.74 Å². The molecule has 1 aliphatic rings. The fourth-order valence-electron chi connectivity index (χ4n) is 2.93. The largest absolute Gasteiger partial charge is 0.497 e. The molecule has 3 rings (SSSR count). The van der Waals surface area contributed by atoms with Crippen LogP contribution in [-0.4, -0.2) is 54.7 Å². The normalized spacial score (nSPS) is 15.8. The summed E-state index contributed by atoms with van der Waals surface area (Å²) in [5.74, 6) is 1.54. The van der Waals surface area contributed by atoms with E-state index in [0.717, 1.165) is 49.8 Å². The number of amides is 1. The van der Waals surface area contributed by atoms with Crippen molar-refractivity contribution in [3.8, 4) is 5.75 Å². The Labute approximate surface area is 157 Å². The summed E-state index contributed by atoms with van der Waals surface area (Å²) in [6.45, 7) is 4.69. The molecule has 1 aromatic heterocycles. The average molecular weight is 377 g/mol. The minimum atomic E-state index is 0.228. The Balaban J connectivity index is 1.47. The zero-order chi connectivity index (χ0) is 17.5. The number of rotatable bonds is 6. The van der Waals surface area contributed by atoms with Crippen LogP contribution in [0.1, 0.15) is 11.3 Å². The third kappa shape index (κ3) is 5.49. The molecule has 25 heavy (non-hydrogen) atoms. The maximum atomic E-state index is 12.6. The van der Waals surface area contributed by atoms with Crippen LogP contribution in [0.3, 0.4) is 0 Å². The van der Waals surface area contributed by atoms with Gasteiger partial charge in [0.25, 0.3) is 0 Å². The number of thiophene rings is 1. The van der Waals surface area contributed by atoms with E-state index >= 15 is 0 Å². The standard InChI is InChI=1S/C19H24N2O2S2/c1-23-16-5-2-6-17(13-16)25-15-19(22)21-9-4-8-20(10-11-21)14-18-7-3-12-24-18/h2-3,5-7,12-13H,4,8-11,14-15H2,1H3. The highest BCUT2D eigenvalue weighted by atomic mass is 32.2. The Hall–Kier alpha value is -1.50. The van der Waals surface area contributed by atoms with E-state index in [1.165, 1.54) is 4.88 Å². The summed E-state index contributed by atoms with van der Waals surface area (Å²) in [5.41, 5.74) is 0. The molecule has 2 heterocycles. The van der Waals surface area contributed by atoms with Crippen LogP contribution in [0.5, 0.6) is 5.75 Å². The molecule has 1 aliphatic heterocycles. The molecule has 4 nitrogen and oxygen atoms in total. The molecule has 0 saturated carbocycles. The number of ether oxygens (including phenoxy) is 1. The fourth-order valence-corrected chi connectivity index (χ4v) is 4.52. The molecule has 1 amide bonds. The van der Waals surface area contributed by atoms with Gasteiger partial charge in [0.1, 0.15) is 5.75 Å². The zero-order valence-electron chi connectivity index (χ0n) is 14.5. The van der Waals surface area contributed by atoms with E-state index < -0.39 is 0 Å². The first-order valence-electron chi connectivity index (χ1n) is 8.54. The summed E-state index contributed by atoms with van der Waals surface area (Å²) >= 11 is 3.38. The smallest absolute Gasteiger partial charge is 0.232 e. The van der Waals surface area contributed by atoms with Crippen LogP contribution in [0, 0.1) is 0 Å². The van der Waals surface area contributed by atoms with Crippen LogP contribution in [-0.2, 0) is 11.3 Å². The van der Waals surface area contributed by atoms with E-state index in [1.807, 2.05) is 29.2 Å². The van der Waals surface area contributed by atoms with Crippen molar-refractivity contribution in [2.45, 2.75) is 17.9 Å². The number of thioether (sulfide) groups is 1. The number of carbonyl (C=O) groups excluding carboxylic acids is 1. The number of hydrogen-bond donors (Lipinski definition) is 0. The lowest BCUT2D eigenvalue weighted by Gasteiger charge is -2.21. The lowest BCUT2D eigenvalue weighted by Crippen LogP contribution is -2.36. The highest BCUT2D eigenvalue weighted by molar-refractivity contribution is 8.00. The van der Waals surface area contributed by atoms with Crippen molar-refractivity contribution in [2.75, 3.05) is 39.0 Å². The van der Waals surface area contributed by atoms with E-state index in [1.54, 1.807) is 30.2 Å². The molecule has 0 unspecified atom stereocenters. The van der Waals surface area contributed by atoms with Gasteiger partial charge in [0.15, 0.2) is 0 Å². The lowest BCUT2D eigenvalue weighted by atomic mass is 10.3. The molecule has 1 fully saturated rings. The number of benzene rings is 1. The van der Waals surface area contributed by atoms with Gasteiger partial charge in [-0.05, 0) is 36.1 Å². The predicted octanol–water partition coefficient (Wildman–Crippen LogP) is 3.58. The summed E-state index contributed by atoms with van der Waals surface area (Å²) in [6.07, 6.45) is 1.04. The summed E-state index contributed by atoms with van der Waals surface area (Å²) in [4.78, 5) is 19.5. The highest BCUT2D eigenvalue weighted by Gasteiger charge is 2.19. The zero-order valence-corrected chi connectivity index (χ0v) is 16.2. The first-order chi connectivity index (χ1) is 12.2. The molecule has 6 heteroatoms. The molecule has 2 aromatic rings. The summed E-state index contributed by atoms with van der Waals surface area (Å²) in [7, 11) is 1.66. The van der Waals surface area contributed by atoms with E-state index in [-0.39, 0.29) is 5.91 Å². The molecule has 0 aliphatic carbocycles. The minimum Gasteiger partial charge on any atom is -0.497 e. The van der Waals surface area contributed by atoms with Gasteiger partial charge in [-0.1, -0.05) is 12.1 Å². The van der Waals surface area contributed by atoms with Crippen LogP contribution in [0.2, 0.25) is 0 Å². The number of methoxy groups -OCH3 is 1. The van der Waals surface area contributed by atoms with Gasteiger partial charge in [0.05, 0.1) is 12.9 Å². The summed E-state index contributed by atoms with van der Waals surface area (Å²) in [5, 5.41) is 2.12. The van der Waals surface area contributed by atoms with Crippen LogP contribution in [0.25, 0.3) is 0 Å². The van der Waals surface area contributed by atoms with Crippen LogP contribution >= 0.6 is 23.1 Å². The Morgan fingerprint density at radius 1 is 1.20 bits per heavy atom. The second-order valence-corrected chi connectivity index (χ2v) is 8.14. The van der Waals surface area contributed by atoms with Crippen molar-refractivity contribution in [2.24, 2.45) is 0 Å². The highest BCUT2D eigenvalue weighted by Crippen LogP contribution is 2.23. The number of hydrogen-bond acceptors (Lipinski definition) is 5. The van der Waals surface area contributed by atoms with Gasteiger partial charge >= 0.3 is 0 Å². The quantitative estimate of drug-likeness (QED) is 0.722. The average Bonchev–Trinajstić information content (AvgIpc) is 3.04. The number of nitrogens with zero attached hydrogens (tertiary/aromatic N) is 2. The van der Waals surface area contributed by atoms with E-state index in [4.69, 9.17) is 4.74 Å². The lowest BCUT2D eigenvalue weighted by molar-refractivity contribution is -0.128. The Morgan fingerprint density at radius 2 is 2.12 bits per heavy atom. The molecule has 0 radical (unpaired) electrons. The molecular formula is C19H24N2O2S2. The second-order valence-electron chi connectivity index (χ2n) is 6.06. The third-order valence-corrected chi connectivity index (χ3v) is 6.14. The van der Waals surface area contributed by atoms with E-state index in [0.29, 0.717) is 5.75 Å². The Morgan fingerprint density at radius 3 is 2.92 bits per heavy atom. The first-order valence-corrected chi connectivity index (χ1v) is 10.4. The fraction of sp³-hybridized carbons (Fsp3) is 0.421. The van der Waals surface area contributed by atoms with Gasteiger partial charge in [-0.15, -0.1) is 23.1 Å². The Kier molecular flexibility index (Phi) is 6.78. The second kappa shape index (κ2) is 9.27. The molecule has 1 saturated heterocycles. The molecular weight excluding hydrogens is 352 g/mol. The van der Waals surface area contributed by atoms with Crippen molar-refractivity contribution < 1.29 is 9.53 Å². The van der Waals surface area contributed by atoms with Crippen molar-refractivity contribution >= 4 is 29.0 Å². The van der Waals surface area contributed by atoms with Gasteiger partial charge in [-0.2, -0.15) is 0 Å². The van der Waals surface area contributed by atoms with Crippen molar-refractivity contribution in [1.82, 2.24) is 9.80 Å². The maximum Gasteiger partial charge on any atom is 0.232 e. The summed E-state index contributed by atoms with van der Waals surface area (Å²) in [6, 6.07) is 12.2. The van der Waals surface area contributed by atoms with Gasteiger partial charge in [0, 0.05) is 42.5 Å². The first kappa shape index (κ1) is 18.3. The molecule has 0 bridgehead atoms. The molecule has 0 atom stereocenters. The van der Waals surface area contributed by atoms with Crippen molar-refractivity contribution in [1.29, 1.82) is 0 Å². The number of carbonyl (C=O) groups is 1. The Bertz CT molecular complexity index is 676. The third-order valence-electron chi connectivity index (χ3n) is 4.30. The van der Waals surface area contributed by atoms with Gasteiger partial charge in [0.2, 0.25) is 5.91 Å². The molecule has 1 aromatic carbocycles. The van der Waals surface area contributed by atoms with Crippen molar-refractivity contribution in [3.63, 3.8) is 0 Å². The molecule has 134 valence electrons. The predicted molar refractivity (Wildman–Crippen MR) is 105 cm³/mol. The summed E-state index contributed by atoms with van der Waals surface area (Å²) < 4.78 is 5.24. The molecule has 0 N–H and O–H groups in total. The van der Waals surface area contributed by atoms with Crippen molar-refractivity contribution in [3.05, 3.63) is 46.7 Å². The monoisotopic (exact) mass is 376 g/mol. The topological polar surface area (TPSA) is 32.8 Å². The van der Waals surface area contributed by atoms with Gasteiger partial charge in [-0.25, -0.2) is 0 Å². The van der Waals surface area contributed by atoms with E-state index in [9.17, 15) is 4.79 Å². The molecule has 0 spiro atoms. The maximum absolute atomic E-state index is 12.6. The van der Waals surface area contributed by atoms with Gasteiger partial charge in [-0.3, -0.25) is 9.69 Å². The minimum absolute atomic E-state index is 0.228. The van der Waals surface area contributed by atoms with Crippen LogP contribution in [0.15, 0.2) is 46.7 Å². The SMILES string of the molecule is COc1cccc(SCC(=O)N2CCCN(Cc3cccs3)CC2)c1. The van der Waals surface area contributed by atoms with E-state index in [2.05, 4.69) is 22.4 Å². The van der Waals surface area contributed by atoms with Crippen LogP contribution in [0.4, 0.5) is 0 Å². The van der Waals surface area contributed by atoms with Gasteiger partial charge < -0.3 is 9.64 Å².